The number of pyridine rings is 2. The fraction of sp³-hybridized carbons (Fsp3) is 0.263. The van der Waals surface area contributed by atoms with Gasteiger partial charge in [0, 0.05) is 18.1 Å². The lowest BCUT2D eigenvalue weighted by Crippen LogP contribution is -2.33. The first kappa shape index (κ1) is 18.7. The molecule has 7 nitrogen and oxygen atoms in total. The zero-order chi connectivity index (χ0) is 20.0. The van der Waals surface area contributed by atoms with E-state index in [-0.39, 0.29) is 6.03 Å². The van der Waals surface area contributed by atoms with Crippen LogP contribution in [0.2, 0.25) is 0 Å². The van der Waals surface area contributed by atoms with Gasteiger partial charge in [0.1, 0.15) is 9.71 Å². The van der Waals surface area contributed by atoms with Crippen LogP contribution in [0.5, 0.6) is 0 Å². The van der Waals surface area contributed by atoms with Crippen molar-refractivity contribution in [2.24, 2.45) is 11.7 Å². The summed E-state index contributed by atoms with van der Waals surface area (Å²) in [4.78, 5) is 35.3. The van der Waals surface area contributed by atoms with Gasteiger partial charge in [-0.3, -0.25) is 9.78 Å². The number of amides is 3. The first-order valence-corrected chi connectivity index (χ1v) is 10.4. The van der Waals surface area contributed by atoms with Gasteiger partial charge in [0.25, 0.3) is 5.91 Å². The zero-order valence-corrected chi connectivity index (χ0v) is 17.3. The molecular formula is C19H19N5O2S2. The van der Waals surface area contributed by atoms with Crippen molar-refractivity contribution in [1.29, 1.82) is 0 Å². The molecule has 0 saturated carbocycles. The molecule has 0 atom stereocenters. The van der Waals surface area contributed by atoms with Crippen molar-refractivity contribution in [3.05, 3.63) is 40.7 Å². The number of thiophene rings is 1. The SMILES string of the molecule is Cc1cc(CC(C)C)ncc1SN1C(=O)Nc2c(C(N)=O)sc3nccc1c23. The van der Waals surface area contributed by atoms with Crippen molar-refractivity contribution in [1.82, 2.24) is 9.97 Å². The van der Waals surface area contributed by atoms with E-state index in [9.17, 15) is 9.59 Å². The van der Waals surface area contributed by atoms with Gasteiger partial charge in [-0.2, -0.15) is 0 Å². The van der Waals surface area contributed by atoms with Gasteiger partial charge in [-0.05, 0) is 48.9 Å². The van der Waals surface area contributed by atoms with Crippen LogP contribution in [-0.4, -0.2) is 21.9 Å². The van der Waals surface area contributed by atoms with Crippen LogP contribution in [0.15, 0.2) is 29.4 Å². The van der Waals surface area contributed by atoms with Crippen LogP contribution in [0.3, 0.4) is 0 Å². The Bertz CT molecular complexity index is 1110. The third-order valence-electron chi connectivity index (χ3n) is 4.36. The minimum atomic E-state index is -0.578. The monoisotopic (exact) mass is 413 g/mol. The predicted octanol–water partition coefficient (Wildman–Crippen LogP) is 4.36. The fourth-order valence-electron chi connectivity index (χ4n) is 3.15. The highest BCUT2D eigenvalue weighted by atomic mass is 32.2. The molecule has 4 heterocycles. The summed E-state index contributed by atoms with van der Waals surface area (Å²) in [7, 11) is 0. The average molecular weight is 414 g/mol. The zero-order valence-electron chi connectivity index (χ0n) is 15.6. The number of urea groups is 1. The summed E-state index contributed by atoms with van der Waals surface area (Å²) in [6.07, 6.45) is 4.35. The third kappa shape index (κ3) is 3.20. The van der Waals surface area contributed by atoms with Crippen molar-refractivity contribution in [3.8, 4) is 0 Å². The Kier molecular flexibility index (Phi) is 4.72. The van der Waals surface area contributed by atoms with Crippen LogP contribution in [0.1, 0.15) is 34.8 Å². The lowest BCUT2D eigenvalue weighted by atomic mass is 10.1. The summed E-state index contributed by atoms with van der Waals surface area (Å²) in [6, 6.07) is 3.50. The molecule has 3 N–H and O–H groups in total. The number of hydrogen-bond donors (Lipinski definition) is 2. The number of aryl methyl sites for hydroxylation is 1. The summed E-state index contributed by atoms with van der Waals surface area (Å²) in [5, 5.41) is 3.53. The van der Waals surface area contributed by atoms with Crippen LogP contribution in [-0.2, 0) is 6.42 Å². The van der Waals surface area contributed by atoms with Crippen molar-refractivity contribution in [2.75, 3.05) is 9.62 Å². The molecule has 3 aromatic heterocycles. The molecule has 9 heteroatoms. The van der Waals surface area contributed by atoms with E-state index in [4.69, 9.17) is 5.73 Å². The maximum absolute atomic E-state index is 12.8. The summed E-state index contributed by atoms with van der Waals surface area (Å²) in [5.74, 6) is -0.0500. The maximum atomic E-state index is 12.8. The number of primary amides is 1. The van der Waals surface area contributed by atoms with E-state index in [0.717, 1.165) is 28.0 Å². The number of nitrogens with one attached hydrogen (secondary N) is 1. The van der Waals surface area contributed by atoms with Crippen molar-refractivity contribution in [2.45, 2.75) is 32.1 Å². The van der Waals surface area contributed by atoms with Gasteiger partial charge in [-0.1, -0.05) is 13.8 Å². The average Bonchev–Trinajstić information content (AvgIpc) is 2.99. The molecule has 0 radical (unpaired) electrons. The summed E-state index contributed by atoms with van der Waals surface area (Å²) >= 11 is 2.48. The normalized spacial score (nSPS) is 13.3. The summed E-state index contributed by atoms with van der Waals surface area (Å²) < 4.78 is 1.57. The number of anilines is 2. The second-order valence-electron chi connectivity index (χ2n) is 7.04. The van der Waals surface area contributed by atoms with Crippen LogP contribution in [0.4, 0.5) is 16.2 Å². The van der Waals surface area contributed by atoms with Crippen molar-refractivity contribution < 1.29 is 9.59 Å². The first-order chi connectivity index (χ1) is 13.3. The predicted molar refractivity (Wildman–Crippen MR) is 113 cm³/mol. The van der Waals surface area contributed by atoms with Crippen LogP contribution in [0, 0.1) is 12.8 Å². The van der Waals surface area contributed by atoms with Gasteiger partial charge in [0.15, 0.2) is 0 Å². The molecule has 0 saturated heterocycles. The Balaban J connectivity index is 1.73. The number of rotatable bonds is 5. The van der Waals surface area contributed by atoms with Gasteiger partial charge in [0.05, 0.1) is 21.7 Å². The number of hydrogen-bond acceptors (Lipinski definition) is 6. The van der Waals surface area contributed by atoms with E-state index in [1.54, 1.807) is 22.8 Å². The second-order valence-corrected chi connectivity index (χ2v) is 9.02. The minimum Gasteiger partial charge on any atom is -0.365 e. The Morgan fingerprint density at radius 2 is 2.18 bits per heavy atom. The molecule has 144 valence electrons. The Hall–Kier alpha value is -2.65. The highest BCUT2D eigenvalue weighted by Gasteiger charge is 2.32. The van der Waals surface area contributed by atoms with Crippen molar-refractivity contribution >= 4 is 56.8 Å². The molecule has 3 aromatic rings. The van der Waals surface area contributed by atoms with E-state index in [2.05, 4.69) is 35.2 Å². The van der Waals surface area contributed by atoms with E-state index in [1.807, 2.05) is 6.92 Å². The summed E-state index contributed by atoms with van der Waals surface area (Å²) in [6.45, 7) is 6.33. The van der Waals surface area contributed by atoms with Crippen LogP contribution >= 0.6 is 23.3 Å². The van der Waals surface area contributed by atoms with Gasteiger partial charge in [0.2, 0.25) is 0 Å². The topological polar surface area (TPSA) is 101 Å². The molecule has 0 aromatic carbocycles. The molecule has 3 amide bonds. The van der Waals surface area contributed by atoms with E-state index >= 15 is 0 Å². The standard InChI is InChI=1S/C19H19N5O2S2/c1-9(2)6-11-7-10(3)13(8-22-11)28-24-12-4-5-21-18-14(12)15(23-19(24)26)16(27-18)17(20)25/h4-5,7-9H,6H2,1-3H3,(H2,20,25)(H,23,26). The smallest absolute Gasteiger partial charge is 0.336 e. The van der Waals surface area contributed by atoms with E-state index in [1.165, 1.54) is 23.3 Å². The van der Waals surface area contributed by atoms with Gasteiger partial charge in [-0.15, -0.1) is 11.3 Å². The summed E-state index contributed by atoms with van der Waals surface area (Å²) in [5.41, 5.74) is 8.69. The second kappa shape index (κ2) is 7.06. The molecule has 28 heavy (non-hydrogen) atoms. The van der Waals surface area contributed by atoms with E-state index < -0.39 is 5.91 Å². The number of nitrogens with two attached hydrogens (primary N) is 1. The molecule has 0 bridgehead atoms. The molecule has 0 aliphatic carbocycles. The molecule has 0 spiro atoms. The maximum Gasteiger partial charge on any atom is 0.336 e. The number of carbonyl (C=O) groups excluding carboxylic acids is 2. The van der Waals surface area contributed by atoms with Crippen LogP contribution < -0.4 is 15.4 Å². The number of carbonyl (C=O) groups is 2. The Morgan fingerprint density at radius 1 is 1.39 bits per heavy atom. The highest BCUT2D eigenvalue weighted by molar-refractivity contribution is 8.01. The number of nitrogens with zero attached hydrogens (tertiary/aromatic N) is 3. The molecule has 1 aliphatic rings. The molecular weight excluding hydrogens is 394 g/mol. The Morgan fingerprint density at radius 3 is 2.86 bits per heavy atom. The van der Waals surface area contributed by atoms with Gasteiger partial charge < -0.3 is 11.1 Å². The molecule has 0 fully saturated rings. The molecule has 1 aliphatic heterocycles. The first-order valence-electron chi connectivity index (χ1n) is 8.81. The van der Waals surface area contributed by atoms with Crippen molar-refractivity contribution in [3.63, 3.8) is 0 Å². The quantitative estimate of drug-likeness (QED) is 0.605. The van der Waals surface area contributed by atoms with Gasteiger partial charge >= 0.3 is 6.03 Å². The molecule has 0 unspecified atom stereocenters. The fourth-order valence-corrected chi connectivity index (χ4v) is 5.00. The molecule has 4 rings (SSSR count). The lowest BCUT2D eigenvalue weighted by molar-refractivity contribution is 0.100. The van der Waals surface area contributed by atoms with Crippen LogP contribution in [0.25, 0.3) is 10.2 Å². The Labute approximate surface area is 170 Å². The number of aromatic nitrogens is 2. The lowest BCUT2D eigenvalue weighted by Gasteiger charge is -2.27. The van der Waals surface area contributed by atoms with E-state index in [0.29, 0.717) is 27.0 Å². The minimum absolute atomic E-state index is 0.309. The largest absolute Gasteiger partial charge is 0.365 e. The third-order valence-corrected chi connectivity index (χ3v) is 6.64. The van der Waals surface area contributed by atoms with Gasteiger partial charge in [-0.25, -0.2) is 14.1 Å². The highest BCUT2D eigenvalue weighted by Crippen LogP contribution is 2.46.